The lowest BCUT2D eigenvalue weighted by atomic mass is 10.3. The minimum Gasteiger partial charge on any atom is -0.279 e. The number of halogens is 1. The highest BCUT2D eigenvalue weighted by molar-refractivity contribution is 9.10. The number of aryl methyl sites for hydroxylation is 1. The monoisotopic (exact) mass is 382 g/mol. The van der Waals surface area contributed by atoms with Crippen LogP contribution in [0.4, 0.5) is 5.69 Å². The Morgan fingerprint density at radius 2 is 2.00 bits per heavy atom. The number of rotatable bonds is 4. The zero-order valence-corrected chi connectivity index (χ0v) is 14.2. The maximum absolute atomic E-state index is 12.2. The molecule has 0 radical (unpaired) electrons. The van der Waals surface area contributed by atoms with E-state index in [0.717, 1.165) is 14.9 Å². The molecule has 1 aromatic heterocycles. The first-order valence-corrected chi connectivity index (χ1v) is 9.02. The summed E-state index contributed by atoms with van der Waals surface area (Å²) in [5.74, 6) is 0. The third-order valence-corrected chi connectivity index (χ3v) is 5.45. The zero-order valence-electron chi connectivity index (χ0n) is 11.0. The van der Waals surface area contributed by atoms with Crippen molar-refractivity contribution in [1.82, 2.24) is 0 Å². The standard InChI is InChI=1S/C14H11BrN2O2S2/c1-10-6-7-20-14(10)8-13(9-16)21(18,19)17-12-4-2-11(15)3-5-12/h2-8,17H,1H3. The smallest absolute Gasteiger partial charge is 0.272 e. The van der Waals surface area contributed by atoms with Crippen LogP contribution in [0.5, 0.6) is 0 Å². The molecule has 2 rings (SSSR count). The van der Waals surface area contributed by atoms with E-state index in [1.165, 1.54) is 17.4 Å². The molecule has 0 saturated heterocycles. The predicted molar refractivity (Wildman–Crippen MR) is 89.3 cm³/mol. The van der Waals surface area contributed by atoms with E-state index < -0.39 is 10.0 Å². The molecule has 21 heavy (non-hydrogen) atoms. The summed E-state index contributed by atoms with van der Waals surface area (Å²) in [4.78, 5) is 0.448. The molecule has 0 saturated carbocycles. The molecule has 0 spiro atoms. The van der Waals surface area contributed by atoms with Gasteiger partial charge in [0.05, 0.1) is 0 Å². The Labute approximate surface area is 135 Å². The van der Waals surface area contributed by atoms with Crippen molar-refractivity contribution in [1.29, 1.82) is 5.26 Å². The normalized spacial score (nSPS) is 12.0. The van der Waals surface area contributed by atoms with Gasteiger partial charge >= 0.3 is 0 Å². The molecular formula is C14H11BrN2O2S2. The first-order valence-electron chi connectivity index (χ1n) is 5.86. The van der Waals surface area contributed by atoms with Crippen LogP contribution >= 0.6 is 27.3 Å². The number of hydrogen-bond acceptors (Lipinski definition) is 4. The zero-order chi connectivity index (χ0) is 15.5. The highest BCUT2D eigenvalue weighted by atomic mass is 79.9. The van der Waals surface area contributed by atoms with Gasteiger partial charge in [-0.3, -0.25) is 4.72 Å². The van der Waals surface area contributed by atoms with Crippen LogP contribution in [-0.4, -0.2) is 8.42 Å². The third kappa shape index (κ3) is 3.94. The molecule has 108 valence electrons. The first kappa shape index (κ1) is 15.8. The first-order chi connectivity index (χ1) is 9.92. The molecule has 0 aliphatic rings. The molecule has 0 aliphatic carbocycles. The summed E-state index contributed by atoms with van der Waals surface area (Å²) >= 11 is 4.67. The van der Waals surface area contributed by atoms with E-state index >= 15 is 0 Å². The Morgan fingerprint density at radius 3 is 2.52 bits per heavy atom. The van der Waals surface area contributed by atoms with Gasteiger partial charge in [-0.25, -0.2) is 8.42 Å². The van der Waals surface area contributed by atoms with Crippen LogP contribution in [0.2, 0.25) is 0 Å². The average molecular weight is 383 g/mol. The maximum Gasteiger partial charge on any atom is 0.272 e. The lowest BCUT2D eigenvalue weighted by Gasteiger charge is -2.06. The number of anilines is 1. The van der Waals surface area contributed by atoms with Crippen LogP contribution in [0, 0.1) is 18.3 Å². The molecular weight excluding hydrogens is 372 g/mol. The molecule has 2 aromatic rings. The van der Waals surface area contributed by atoms with Gasteiger partial charge in [-0.15, -0.1) is 11.3 Å². The summed E-state index contributed by atoms with van der Waals surface area (Å²) in [7, 11) is -3.89. The van der Waals surface area contributed by atoms with Gasteiger partial charge in [-0.2, -0.15) is 5.26 Å². The van der Waals surface area contributed by atoms with E-state index in [1.807, 2.05) is 18.4 Å². The van der Waals surface area contributed by atoms with E-state index in [0.29, 0.717) is 5.69 Å². The third-order valence-electron chi connectivity index (χ3n) is 2.66. The van der Waals surface area contributed by atoms with Gasteiger partial charge in [0.25, 0.3) is 10.0 Å². The summed E-state index contributed by atoms with van der Waals surface area (Å²) in [6, 6.07) is 10.3. The van der Waals surface area contributed by atoms with Crippen LogP contribution in [0.1, 0.15) is 10.4 Å². The Kier molecular flexibility index (Phi) is 4.83. The fraction of sp³-hybridized carbons (Fsp3) is 0.0714. The molecule has 7 heteroatoms. The quantitative estimate of drug-likeness (QED) is 0.808. The van der Waals surface area contributed by atoms with Crippen LogP contribution in [0.25, 0.3) is 6.08 Å². The number of nitrogens with zero attached hydrogens (tertiary/aromatic N) is 1. The number of sulfonamides is 1. The van der Waals surface area contributed by atoms with Crippen LogP contribution in [-0.2, 0) is 10.0 Å². The number of thiophene rings is 1. The van der Waals surface area contributed by atoms with E-state index in [9.17, 15) is 8.42 Å². The fourth-order valence-electron chi connectivity index (χ4n) is 1.55. The Morgan fingerprint density at radius 1 is 1.33 bits per heavy atom. The summed E-state index contributed by atoms with van der Waals surface area (Å²) in [5.41, 5.74) is 1.34. The summed E-state index contributed by atoms with van der Waals surface area (Å²) < 4.78 is 27.7. The number of hydrogen-bond donors (Lipinski definition) is 1. The highest BCUT2D eigenvalue weighted by Crippen LogP contribution is 2.23. The molecule has 1 N–H and O–H groups in total. The van der Waals surface area contributed by atoms with Crippen molar-refractivity contribution in [2.75, 3.05) is 4.72 Å². The number of allylic oxidation sites excluding steroid dienone is 1. The molecule has 1 aromatic carbocycles. The molecule has 1 heterocycles. The van der Waals surface area contributed by atoms with Crippen molar-refractivity contribution >= 4 is 49.1 Å². The lowest BCUT2D eigenvalue weighted by Crippen LogP contribution is -2.14. The van der Waals surface area contributed by atoms with Gasteiger partial charge in [-0.05, 0) is 54.3 Å². The van der Waals surface area contributed by atoms with Gasteiger partial charge in [0.2, 0.25) is 0 Å². The second-order valence-electron chi connectivity index (χ2n) is 4.20. The topological polar surface area (TPSA) is 70.0 Å². The number of nitriles is 1. The number of nitrogens with one attached hydrogen (secondary N) is 1. The molecule has 0 fully saturated rings. The molecule has 0 amide bonds. The van der Waals surface area contributed by atoms with Crippen molar-refractivity contribution < 1.29 is 8.42 Å². The van der Waals surface area contributed by atoms with Gasteiger partial charge in [0, 0.05) is 15.0 Å². The second-order valence-corrected chi connectivity index (χ2v) is 7.71. The molecule has 0 atom stereocenters. The minimum absolute atomic E-state index is 0.309. The Bertz CT molecular complexity index is 815. The highest BCUT2D eigenvalue weighted by Gasteiger charge is 2.18. The summed E-state index contributed by atoms with van der Waals surface area (Å²) in [6.45, 7) is 1.87. The molecule has 4 nitrogen and oxygen atoms in total. The Balaban J connectivity index is 2.33. The van der Waals surface area contributed by atoms with Crippen LogP contribution in [0.3, 0.4) is 0 Å². The minimum atomic E-state index is -3.89. The largest absolute Gasteiger partial charge is 0.279 e. The van der Waals surface area contributed by atoms with Crippen molar-refractivity contribution in [2.24, 2.45) is 0 Å². The van der Waals surface area contributed by atoms with Crippen LogP contribution < -0.4 is 4.72 Å². The van der Waals surface area contributed by atoms with Gasteiger partial charge < -0.3 is 0 Å². The van der Waals surface area contributed by atoms with Gasteiger partial charge in [-0.1, -0.05) is 15.9 Å². The van der Waals surface area contributed by atoms with Crippen molar-refractivity contribution in [3.63, 3.8) is 0 Å². The maximum atomic E-state index is 12.2. The average Bonchev–Trinajstić information content (AvgIpc) is 2.83. The molecule has 0 aliphatic heterocycles. The van der Waals surface area contributed by atoms with E-state index in [-0.39, 0.29) is 4.91 Å². The summed E-state index contributed by atoms with van der Waals surface area (Å²) in [5, 5.41) is 11.0. The SMILES string of the molecule is Cc1ccsc1C=C(C#N)S(=O)(=O)Nc1ccc(Br)cc1. The summed E-state index contributed by atoms with van der Waals surface area (Å²) in [6.07, 6.45) is 1.39. The second kappa shape index (κ2) is 6.43. The van der Waals surface area contributed by atoms with Gasteiger partial charge in [0.15, 0.2) is 4.91 Å². The van der Waals surface area contributed by atoms with Crippen LogP contribution in [0.15, 0.2) is 45.1 Å². The van der Waals surface area contributed by atoms with E-state index in [4.69, 9.17) is 5.26 Å². The van der Waals surface area contributed by atoms with Crippen molar-refractivity contribution in [3.8, 4) is 6.07 Å². The Hall–Kier alpha value is -1.62. The van der Waals surface area contributed by atoms with Gasteiger partial charge in [0.1, 0.15) is 6.07 Å². The molecule has 0 bridgehead atoms. The van der Waals surface area contributed by atoms with E-state index in [2.05, 4.69) is 20.7 Å². The van der Waals surface area contributed by atoms with Crippen molar-refractivity contribution in [3.05, 3.63) is 55.5 Å². The van der Waals surface area contributed by atoms with Crippen molar-refractivity contribution in [2.45, 2.75) is 6.92 Å². The molecule has 0 unspecified atom stereocenters. The predicted octanol–water partition coefficient (Wildman–Crippen LogP) is 4.13. The fourth-order valence-corrected chi connectivity index (χ4v) is 3.70. The van der Waals surface area contributed by atoms with E-state index in [1.54, 1.807) is 30.3 Å². The lowest BCUT2D eigenvalue weighted by molar-refractivity contribution is 0.608. The number of benzene rings is 1.